The highest BCUT2D eigenvalue weighted by Crippen LogP contribution is 2.15. The molecule has 1 heterocycles. The average Bonchev–Trinajstić information content (AvgIpc) is 2.66. The minimum Gasteiger partial charge on any atom is -0.492 e. The summed E-state index contributed by atoms with van der Waals surface area (Å²) in [5.41, 5.74) is 0. The number of hydrogen-bond donors (Lipinski definition) is 2. The molecule has 0 spiro atoms. The number of halogens is 1. The van der Waals surface area contributed by atoms with E-state index in [1.165, 1.54) is 0 Å². The van der Waals surface area contributed by atoms with Crippen molar-refractivity contribution in [2.45, 2.75) is 25.8 Å². The molecule has 8 heteroatoms. The van der Waals surface area contributed by atoms with Gasteiger partial charge in [0.15, 0.2) is 5.96 Å². The van der Waals surface area contributed by atoms with E-state index >= 15 is 0 Å². The Balaban J connectivity index is 1.65. The zero-order chi connectivity index (χ0) is 18.8. The monoisotopic (exact) mass is 382 g/mol. The second kappa shape index (κ2) is 10.8. The number of benzene rings is 1. The summed E-state index contributed by atoms with van der Waals surface area (Å²) in [5.74, 6) is 1.52. The van der Waals surface area contributed by atoms with Crippen molar-refractivity contribution in [2.24, 2.45) is 4.99 Å². The Morgan fingerprint density at radius 3 is 2.62 bits per heavy atom. The van der Waals surface area contributed by atoms with Gasteiger partial charge in [0.05, 0.1) is 13.2 Å². The van der Waals surface area contributed by atoms with Gasteiger partial charge in [-0.1, -0.05) is 11.6 Å². The molecule has 144 valence electrons. The van der Waals surface area contributed by atoms with Crippen LogP contribution in [0.2, 0.25) is 5.02 Å². The van der Waals surface area contributed by atoms with Crippen molar-refractivity contribution in [3.05, 3.63) is 29.3 Å². The maximum Gasteiger partial charge on any atom is 0.409 e. The standard InChI is InChI=1S/C18H27ClN4O3/c1-3-25-18(24)23-11-8-15(9-12-23)22-17(20-2)21-10-13-26-16-6-4-14(19)5-7-16/h4-7,15H,3,8-13H2,1-2H3,(H2,20,21,22). The summed E-state index contributed by atoms with van der Waals surface area (Å²) in [6.45, 7) is 4.75. The van der Waals surface area contributed by atoms with Gasteiger partial charge in [-0.15, -0.1) is 0 Å². The number of amides is 1. The first-order valence-corrected chi connectivity index (χ1v) is 9.27. The van der Waals surface area contributed by atoms with Gasteiger partial charge in [-0.25, -0.2) is 4.79 Å². The first-order valence-electron chi connectivity index (χ1n) is 8.89. The summed E-state index contributed by atoms with van der Waals surface area (Å²) >= 11 is 5.85. The summed E-state index contributed by atoms with van der Waals surface area (Å²) in [6.07, 6.45) is 1.49. The van der Waals surface area contributed by atoms with Crippen LogP contribution >= 0.6 is 11.6 Å². The summed E-state index contributed by atoms with van der Waals surface area (Å²) < 4.78 is 10.7. The van der Waals surface area contributed by atoms with Crippen LogP contribution in [0.25, 0.3) is 0 Å². The SMILES string of the molecule is CCOC(=O)N1CCC(NC(=NC)NCCOc2ccc(Cl)cc2)CC1. The van der Waals surface area contributed by atoms with Crippen molar-refractivity contribution in [3.8, 4) is 5.75 Å². The Labute approximate surface area is 159 Å². The molecule has 0 radical (unpaired) electrons. The molecular weight excluding hydrogens is 356 g/mol. The molecule has 2 rings (SSSR count). The molecular formula is C18H27ClN4O3. The van der Waals surface area contributed by atoms with Crippen molar-refractivity contribution < 1.29 is 14.3 Å². The molecule has 1 amide bonds. The fraction of sp³-hybridized carbons (Fsp3) is 0.556. The Morgan fingerprint density at radius 2 is 2.00 bits per heavy atom. The van der Waals surface area contributed by atoms with E-state index in [0.29, 0.717) is 37.9 Å². The van der Waals surface area contributed by atoms with E-state index in [1.54, 1.807) is 24.1 Å². The lowest BCUT2D eigenvalue weighted by Crippen LogP contribution is -2.50. The molecule has 1 aliphatic rings. The van der Waals surface area contributed by atoms with E-state index in [4.69, 9.17) is 21.1 Å². The topological polar surface area (TPSA) is 75.2 Å². The second-order valence-electron chi connectivity index (χ2n) is 5.91. The van der Waals surface area contributed by atoms with Crippen molar-refractivity contribution in [1.82, 2.24) is 15.5 Å². The predicted octanol–water partition coefficient (Wildman–Crippen LogP) is 2.50. The van der Waals surface area contributed by atoms with Crippen LogP contribution in [0.5, 0.6) is 5.75 Å². The molecule has 0 aliphatic carbocycles. The highest BCUT2D eigenvalue weighted by molar-refractivity contribution is 6.30. The van der Waals surface area contributed by atoms with Crippen molar-refractivity contribution in [1.29, 1.82) is 0 Å². The molecule has 0 saturated carbocycles. The summed E-state index contributed by atoms with van der Waals surface area (Å²) in [5, 5.41) is 7.31. The maximum absolute atomic E-state index is 11.7. The number of likely N-dealkylation sites (tertiary alicyclic amines) is 1. The number of carbonyl (C=O) groups excluding carboxylic acids is 1. The predicted molar refractivity (Wildman–Crippen MR) is 103 cm³/mol. The number of carbonyl (C=O) groups is 1. The number of guanidine groups is 1. The van der Waals surface area contributed by atoms with Crippen molar-refractivity contribution >= 4 is 23.7 Å². The summed E-state index contributed by atoms with van der Waals surface area (Å²) in [4.78, 5) is 17.7. The minimum atomic E-state index is -0.229. The van der Waals surface area contributed by atoms with Crippen molar-refractivity contribution in [3.63, 3.8) is 0 Å². The van der Waals surface area contributed by atoms with E-state index in [2.05, 4.69) is 15.6 Å². The Bertz CT molecular complexity index is 587. The Kier molecular flexibility index (Phi) is 8.34. The molecule has 0 aromatic heterocycles. The molecule has 1 aliphatic heterocycles. The maximum atomic E-state index is 11.7. The van der Waals surface area contributed by atoms with Crippen LogP contribution < -0.4 is 15.4 Å². The number of aliphatic imine (C=N–C) groups is 1. The van der Waals surface area contributed by atoms with Crippen molar-refractivity contribution in [2.75, 3.05) is 39.9 Å². The largest absolute Gasteiger partial charge is 0.492 e. The fourth-order valence-corrected chi connectivity index (χ4v) is 2.80. The number of rotatable bonds is 6. The lowest BCUT2D eigenvalue weighted by Gasteiger charge is -2.32. The van der Waals surface area contributed by atoms with Gasteiger partial charge >= 0.3 is 6.09 Å². The van der Waals surface area contributed by atoms with Gasteiger partial charge in [0.25, 0.3) is 0 Å². The first kappa shape index (κ1) is 20.2. The van der Waals surface area contributed by atoms with Gasteiger partial charge < -0.3 is 25.0 Å². The van der Waals surface area contributed by atoms with Crippen LogP contribution in [-0.4, -0.2) is 62.9 Å². The molecule has 1 fully saturated rings. The van der Waals surface area contributed by atoms with Gasteiger partial charge in [-0.3, -0.25) is 4.99 Å². The second-order valence-corrected chi connectivity index (χ2v) is 6.34. The van der Waals surface area contributed by atoms with Crippen LogP contribution in [0.15, 0.2) is 29.3 Å². The summed E-state index contributed by atoms with van der Waals surface area (Å²) in [6, 6.07) is 7.56. The molecule has 7 nitrogen and oxygen atoms in total. The summed E-state index contributed by atoms with van der Waals surface area (Å²) in [7, 11) is 1.74. The molecule has 1 aromatic carbocycles. The minimum absolute atomic E-state index is 0.229. The molecule has 0 unspecified atom stereocenters. The van der Waals surface area contributed by atoms with E-state index in [1.807, 2.05) is 19.1 Å². The van der Waals surface area contributed by atoms with Crippen LogP contribution in [-0.2, 0) is 4.74 Å². The van der Waals surface area contributed by atoms with Crippen LogP contribution in [0.4, 0.5) is 4.79 Å². The third-order valence-electron chi connectivity index (χ3n) is 4.06. The zero-order valence-corrected chi connectivity index (χ0v) is 16.1. The quantitative estimate of drug-likeness (QED) is 0.449. The fourth-order valence-electron chi connectivity index (χ4n) is 2.68. The van der Waals surface area contributed by atoms with Gasteiger partial charge in [-0.05, 0) is 44.0 Å². The van der Waals surface area contributed by atoms with Crippen LogP contribution in [0.1, 0.15) is 19.8 Å². The molecule has 0 bridgehead atoms. The van der Waals surface area contributed by atoms with Crippen LogP contribution in [0.3, 0.4) is 0 Å². The average molecular weight is 383 g/mol. The van der Waals surface area contributed by atoms with E-state index < -0.39 is 0 Å². The third kappa shape index (κ3) is 6.63. The molecule has 1 saturated heterocycles. The smallest absolute Gasteiger partial charge is 0.409 e. The van der Waals surface area contributed by atoms with Gasteiger partial charge in [0.2, 0.25) is 0 Å². The third-order valence-corrected chi connectivity index (χ3v) is 4.31. The van der Waals surface area contributed by atoms with Gasteiger partial charge in [-0.2, -0.15) is 0 Å². The lowest BCUT2D eigenvalue weighted by molar-refractivity contribution is 0.0963. The Hall–Kier alpha value is -2.15. The normalized spacial score (nSPS) is 15.5. The number of nitrogens with zero attached hydrogens (tertiary/aromatic N) is 2. The highest BCUT2D eigenvalue weighted by atomic mass is 35.5. The number of nitrogens with one attached hydrogen (secondary N) is 2. The van der Waals surface area contributed by atoms with Gasteiger partial charge in [0, 0.05) is 31.2 Å². The number of ether oxygens (including phenoxy) is 2. The molecule has 2 N–H and O–H groups in total. The highest BCUT2D eigenvalue weighted by Gasteiger charge is 2.23. The molecule has 0 atom stereocenters. The number of hydrogen-bond acceptors (Lipinski definition) is 4. The van der Waals surface area contributed by atoms with E-state index in [0.717, 1.165) is 24.6 Å². The lowest BCUT2D eigenvalue weighted by atomic mass is 10.1. The van der Waals surface area contributed by atoms with Crippen LogP contribution in [0, 0.1) is 0 Å². The van der Waals surface area contributed by atoms with Gasteiger partial charge in [0.1, 0.15) is 12.4 Å². The first-order chi connectivity index (χ1) is 12.6. The van der Waals surface area contributed by atoms with E-state index in [9.17, 15) is 4.79 Å². The zero-order valence-electron chi connectivity index (χ0n) is 15.3. The Morgan fingerprint density at radius 1 is 1.31 bits per heavy atom. The molecule has 26 heavy (non-hydrogen) atoms. The molecule has 1 aromatic rings. The van der Waals surface area contributed by atoms with E-state index in [-0.39, 0.29) is 12.1 Å². The number of piperidine rings is 1.